The first kappa shape index (κ1) is 22.7. The molecule has 0 heterocycles. The minimum Gasteiger partial charge on any atom is -1.00 e. The van der Waals surface area contributed by atoms with Gasteiger partial charge in [-0.15, -0.1) is 5.56 Å². The Morgan fingerprint density at radius 3 is 1.69 bits per heavy atom. The Hall–Kier alpha value is -1.29. The number of halogens is 1. The van der Waals surface area contributed by atoms with E-state index in [2.05, 4.69) is 111 Å². The van der Waals surface area contributed by atoms with Crippen LogP contribution in [0.5, 0.6) is 0 Å². The van der Waals surface area contributed by atoms with E-state index < -0.39 is 0 Å². The van der Waals surface area contributed by atoms with Crippen LogP contribution < -0.4 is 21.9 Å². The summed E-state index contributed by atoms with van der Waals surface area (Å²) in [6, 6.07) is 31.1. The van der Waals surface area contributed by atoms with Crippen molar-refractivity contribution in [1.82, 2.24) is 0 Å². The molecule has 26 heavy (non-hydrogen) atoms. The molecule has 0 bridgehead atoms. The van der Waals surface area contributed by atoms with Crippen LogP contribution in [0.1, 0.15) is 31.9 Å². The smallest absolute Gasteiger partial charge is 1.00 e. The van der Waals surface area contributed by atoms with Crippen LogP contribution in [0, 0.1) is 6.07 Å². The monoisotopic (exact) mass is 417 g/mol. The van der Waals surface area contributed by atoms with Crippen molar-refractivity contribution in [2.24, 2.45) is 0 Å². The van der Waals surface area contributed by atoms with Gasteiger partial charge in [-0.25, -0.2) is 0 Å². The van der Waals surface area contributed by atoms with E-state index in [-0.39, 0.29) is 45.4 Å². The van der Waals surface area contributed by atoms with Gasteiger partial charge < -0.3 is 21.9 Å². The third kappa shape index (κ3) is 5.87. The second kappa shape index (κ2) is 10.1. The van der Waals surface area contributed by atoms with Gasteiger partial charge in [-0.1, -0.05) is 57.2 Å². The fraction of sp³-hybridized carbons (Fsp3) is 0.217. The average molecular weight is 419 g/mol. The maximum atomic E-state index is 3.61. The van der Waals surface area contributed by atoms with Crippen LogP contribution in [-0.4, -0.2) is 23.1 Å². The molecule has 0 radical (unpaired) electrons. The molecule has 0 aromatic heterocycles. The zero-order valence-electron chi connectivity index (χ0n) is 15.7. The summed E-state index contributed by atoms with van der Waals surface area (Å²) >= 11 is 0. The molecule has 1 nitrogen and oxygen atoms in total. The normalized spacial score (nSPS) is 10.4. The summed E-state index contributed by atoms with van der Waals surface area (Å²) in [5.41, 5.74) is 4.95. The van der Waals surface area contributed by atoms with E-state index in [1.54, 1.807) is 0 Å². The predicted molar refractivity (Wildman–Crippen MR) is 108 cm³/mol. The molecule has 0 fully saturated rings. The van der Waals surface area contributed by atoms with Gasteiger partial charge in [0.25, 0.3) is 0 Å². The third-order valence-electron chi connectivity index (χ3n) is 4.13. The summed E-state index contributed by atoms with van der Waals surface area (Å²) in [6.07, 6.45) is 0. The largest absolute Gasteiger partial charge is 2.00 e. The third-order valence-corrected chi connectivity index (χ3v) is 4.13. The summed E-state index contributed by atoms with van der Waals surface area (Å²) in [5, 5.41) is 0. The van der Waals surface area contributed by atoms with Gasteiger partial charge >= 0.3 is 23.1 Å². The van der Waals surface area contributed by atoms with Crippen molar-refractivity contribution in [3.8, 4) is 0 Å². The van der Waals surface area contributed by atoms with Gasteiger partial charge in [0.2, 0.25) is 0 Å². The van der Waals surface area contributed by atoms with Gasteiger partial charge in [-0.3, -0.25) is 0 Å². The minimum absolute atomic E-state index is 0. The molecule has 130 valence electrons. The van der Waals surface area contributed by atoms with E-state index in [1.807, 2.05) is 0 Å². The number of hydrogen-bond acceptors (Lipinski definition) is 1. The standard InChI is InChI=1S/C23H24N.BrH.Mg/c1-23(2,3)20-12-10-11-19(17-20)18-24(21-13-6-4-7-14-21)22-15-8-5-9-16-22;;/h4-16H,18H2,1-3H3;1H;/q-1;;+2/p-1. The minimum atomic E-state index is 0. The zero-order chi connectivity index (χ0) is 17.0. The number of nitrogens with zero attached hydrogens (tertiary/aromatic N) is 1. The van der Waals surface area contributed by atoms with Crippen LogP contribution in [0.3, 0.4) is 0 Å². The molecule has 0 spiro atoms. The molecule has 0 unspecified atom stereocenters. The first-order valence-corrected chi connectivity index (χ1v) is 8.43. The van der Waals surface area contributed by atoms with Crippen LogP contribution in [0.25, 0.3) is 0 Å². The number of para-hydroxylation sites is 2. The summed E-state index contributed by atoms with van der Waals surface area (Å²) < 4.78 is 0. The molecule has 0 N–H and O–H groups in total. The van der Waals surface area contributed by atoms with E-state index in [0.29, 0.717) is 0 Å². The van der Waals surface area contributed by atoms with E-state index in [1.165, 1.54) is 22.5 Å². The molecule has 0 saturated heterocycles. The van der Waals surface area contributed by atoms with Crippen LogP contribution in [0.15, 0.2) is 78.9 Å². The van der Waals surface area contributed by atoms with E-state index in [0.717, 1.165) is 6.54 Å². The van der Waals surface area contributed by atoms with Crippen LogP contribution in [0.2, 0.25) is 0 Å². The number of anilines is 2. The SMILES string of the molecule is CC(C)(C)c1[c-]c(CN(c2ccccc2)c2ccccc2)ccc1.[Br-].[Mg+2]. The summed E-state index contributed by atoms with van der Waals surface area (Å²) in [6.45, 7) is 7.50. The number of hydrogen-bond donors (Lipinski definition) is 0. The van der Waals surface area contributed by atoms with Crippen LogP contribution in [0.4, 0.5) is 11.4 Å². The number of benzene rings is 3. The van der Waals surface area contributed by atoms with Gasteiger partial charge in [0, 0.05) is 17.9 Å². The molecule has 0 saturated carbocycles. The Morgan fingerprint density at radius 2 is 1.23 bits per heavy atom. The Balaban J connectivity index is 0.00000169. The Kier molecular flexibility index (Phi) is 8.88. The Labute approximate surface area is 184 Å². The Bertz CT molecular complexity index is 743. The fourth-order valence-corrected chi connectivity index (χ4v) is 2.76. The molecule has 0 aliphatic carbocycles. The fourth-order valence-electron chi connectivity index (χ4n) is 2.76. The van der Waals surface area contributed by atoms with Gasteiger partial charge in [0.05, 0.1) is 0 Å². The first-order chi connectivity index (χ1) is 11.5. The van der Waals surface area contributed by atoms with Gasteiger partial charge in [-0.2, -0.15) is 29.8 Å². The van der Waals surface area contributed by atoms with E-state index in [9.17, 15) is 0 Å². The molecule has 3 heteroatoms. The van der Waals surface area contributed by atoms with Crippen molar-refractivity contribution in [2.45, 2.75) is 32.7 Å². The van der Waals surface area contributed by atoms with Crippen molar-refractivity contribution in [1.29, 1.82) is 0 Å². The molecule has 3 aromatic carbocycles. The molecule has 3 aromatic rings. The van der Waals surface area contributed by atoms with Crippen LogP contribution >= 0.6 is 0 Å². The average Bonchev–Trinajstić information content (AvgIpc) is 2.61. The summed E-state index contributed by atoms with van der Waals surface area (Å²) in [7, 11) is 0. The Morgan fingerprint density at radius 1 is 0.731 bits per heavy atom. The van der Waals surface area contributed by atoms with Gasteiger partial charge in [0.15, 0.2) is 0 Å². The van der Waals surface area contributed by atoms with Gasteiger partial charge in [-0.05, 0) is 29.7 Å². The topological polar surface area (TPSA) is 3.24 Å². The molecule has 0 atom stereocenters. The summed E-state index contributed by atoms with van der Waals surface area (Å²) in [4.78, 5) is 2.33. The molecule has 3 rings (SSSR count). The van der Waals surface area contributed by atoms with E-state index >= 15 is 0 Å². The molecule has 0 aliphatic rings. The zero-order valence-corrected chi connectivity index (χ0v) is 18.7. The second-order valence-corrected chi connectivity index (χ2v) is 7.10. The summed E-state index contributed by atoms with van der Waals surface area (Å²) in [5.74, 6) is 0. The maximum absolute atomic E-state index is 3.61. The quantitative estimate of drug-likeness (QED) is 0.465. The van der Waals surface area contributed by atoms with Crippen LogP contribution in [-0.2, 0) is 12.0 Å². The van der Waals surface area contributed by atoms with Crippen molar-refractivity contribution >= 4 is 34.4 Å². The predicted octanol–water partition coefficient (Wildman–Crippen LogP) is 2.75. The van der Waals surface area contributed by atoms with Crippen molar-refractivity contribution in [3.63, 3.8) is 0 Å². The maximum Gasteiger partial charge on any atom is 2.00 e. The first-order valence-electron chi connectivity index (χ1n) is 8.43. The number of rotatable bonds is 4. The molecular formula is C23H24BrMgN. The van der Waals surface area contributed by atoms with Gasteiger partial charge in [0.1, 0.15) is 0 Å². The molecular weight excluding hydrogens is 394 g/mol. The van der Waals surface area contributed by atoms with Crippen molar-refractivity contribution in [2.75, 3.05) is 4.90 Å². The molecule has 0 aliphatic heterocycles. The molecule has 0 amide bonds. The van der Waals surface area contributed by atoms with Crippen molar-refractivity contribution in [3.05, 3.63) is 96.1 Å². The second-order valence-electron chi connectivity index (χ2n) is 7.10. The van der Waals surface area contributed by atoms with Crippen molar-refractivity contribution < 1.29 is 17.0 Å². The van der Waals surface area contributed by atoms with E-state index in [4.69, 9.17) is 0 Å².